The molecule has 124 valence electrons. The zero-order valence-corrected chi connectivity index (χ0v) is 13.6. The van der Waals surface area contributed by atoms with Gasteiger partial charge >= 0.3 is 0 Å². The van der Waals surface area contributed by atoms with Gasteiger partial charge in [0, 0.05) is 38.8 Å². The number of hydrogen-bond acceptors (Lipinski definition) is 6. The number of fused-ring (bicyclic) bond motifs is 1. The third-order valence-electron chi connectivity index (χ3n) is 4.42. The molecule has 1 saturated carbocycles. The number of rotatable bonds is 4. The number of nitrogens with zero attached hydrogens (tertiary/aromatic N) is 4. The predicted molar refractivity (Wildman–Crippen MR) is 90.9 cm³/mol. The first kappa shape index (κ1) is 14.9. The van der Waals surface area contributed by atoms with E-state index in [0.29, 0.717) is 24.7 Å². The summed E-state index contributed by atoms with van der Waals surface area (Å²) in [5.41, 5.74) is 2.64. The van der Waals surface area contributed by atoms with Crippen molar-refractivity contribution in [3.63, 3.8) is 0 Å². The van der Waals surface area contributed by atoms with Gasteiger partial charge in [0.2, 0.25) is 0 Å². The van der Waals surface area contributed by atoms with Crippen molar-refractivity contribution in [2.45, 2.75) is 31.8 Å². The lowest BCUT2D eigenvalue weighted by Crippen LogP contribution is -2.36. The molecule has 3 heterocycles. The number of carbonyl (C=O) groups excluding carboxylic acids is 1. The van der Waals surface area contributed by atoms with Crippen LogP contribution in [0.2, 0.25) is 0 Å². The van der Waals surface area contributed by atoms with E-state index in [1.165, 1.54) is 12.8 Å². The van der Waals surface area contributed by atoms with Gasteiger partial charge in [-0.2, -0.15) is 5.10 Å². The van der Waals surface area contributed by atoms with Crippen LogP contribution in [0.25, 0.3) is 0 Å². The van der Waals surface area contributed by atoms with Gasteiger partial charge in [-0.25, -0.2) is 4.98 Å². The molecule has 7 heteroatoms. The van der Waals surface area contributed by atoms with Gasteiger partial charge < -0.3 is 15.5 Å². The van der Waals surface area contributed by atoms with Crippen molar-refractivity contribution >= 4 is 17.5 Å². The first-order valence-corrected chi connectivity index (χ1v) is 8.28. The lowest BCUT2D eigenvalue weighted by Gasteiger charge is -2.28. The second kappa shape index (κ2) is 6.07. The van der Waals surface area contributed by atoms with Crippen LogP contribution in [-0.2, 0) is 13.0 Å². The van der Waals surface area contributed by atoms with Gasteiger partial charge in [-0.3, -0.25) is 4.79 Å². The molecular weight excluding hydrogens is 304 g/mol. The lowest BCUT2D eigenvalue weighted by molar-refractivity contribution is 0.0733. The highest BCUT2D eigenvalue weighted by molar-refractivity contribution is 5.94. The summed E-state index contributed by atoms with van der Waals surface area (Å²) in [5.74, 6) is 1.57. The van der Waals surface area contributed by atoms with Gasteiger partial charge in [-0.1, -0.05) is 0 Å². The molecule has 2 N–H and O–H groups in total. The normalized spacial score (nSPS) is 16.5. The lowest BCUT2D eigenvalue weighted by atomic mass is 10.1. The van der Waals surface area contributed by atoms with Crippen molar-refractivity contribution in [3.8, 4) is 0 Å². The van der Waals surface area contributed by atoms with Crippen molar-refractivity contribution in [2.24, 2.45) is 0 Å². The van der Waals surface area contributed by atoms with Crippen LogP contribution in [0.3, 0.4) is 0 Å². The molecule has 0 radical (unpaired) electrons. The van der Waals surface area contributed by atoms with E-state index in [1.807, 2.05) is 30.1 Å². The van der Waals surface area contributed by atoms with Crippen molar-refractivity contribution in [2.75, 3.05) is 24.2 Å². The van der Waals surface area contributed by atoms with Crippen LogP contribution in [0.4, 0.5) is 11.6 Å². The third-order valence-corrected chi connectivity index (χ3v) is 4.42. The fraction of sp³-hybridized carbons (Fsp3) is 0.412. The summed E-state index contributed by atoms with van der Waals surface area (Å²) in [6.07, 6.45) is 4.79. The molecule has 1 fully saturated rings. The summed E-state index contributed by atoms with van der Waals surface area (Å²) in [7, 11) is 1.81. The summed E-state index contributed by atoms with van der Waals surface area (Å²) in [5, 5.41) is 14.6. The van der Waals surface area contributed by atoms with Gasteiger partial charge in [0.1, 0.15) is 11.6 Å². The minimum Gasteiger partial charge on any atom is -0.372 e. The van der Waals surface area contributed by atoms with Crippen molar-refractivity contribution in [3.05, 3.63) is 41.2 Å². The zero-order chi connectivity index (χ0) is 16.5. The highest BCUT2D eigenvalue weighted by atomic mass is 16.2. The maximum absolute atomic E-state index is 12.7. The SMILES string of the molecule is CNc1cc2c(nn1)CCN(C(=O)c1ccc(NC3CC3)nc1)C2. The van der Waals surface area contributed by atoms with E-state index in [4.69, 9.17) is 0 Å². The summed E-state index contributed by atoms with van der Waals surface area (Å²) in [6, 6.07) is 6.25. The molecule has 2 aliphatic rings. The monoisotopic (exact) mass is 324 g/mol. The van der Waals surface area contributed by atoms with E-state index in [1.54, 1.807) is 6.20 Å². The molecule has 0 saturated heterocycles. The average molecular weight is 324 g/mol. The summed E-state index contributed by atoms with van der Waals surface area (Å²) in [6.45, 7) is 1.21. The largest absolute Gasteiger partial charge is 0.372 e. The molecule has 0 aromatic carbocycles. The molecule has 24 heavy (non-hydrogen) atoms. The smallest absolute Gasteiger partial charge is 0.255 e. The number of carbonyl (C=O) groups is 1. The molecule has 4 rings (SSSR count). The van der Waals surface area contributed by atoms with Gasteiger partial charge in [-0.05, 0) is 36.6 Å². The molecule has 1 amide bonds. The second-order valence-electron chi connectivity index (χ2n) is 6.28. The van der Waals surface area contributed by atoms with Crippen LogP contribution in [-0.4, -0.2) is 45.6 Å². The van der Waals surface area contributed by atoms with E-state index in [2.05, 4.69) is 25.8 Å². The number of anilines is 2. The summed E-state index contributed by atoms with van der Waals surface area (Å²) >= 11 is 0. The van der Waals surface area contributed by atoms with Crippen molar-refractivity contribution in [1.29, 1.82) is 0 Å². The summed E-state index contributed by atoms with van der Waals surface area (Å²) in [4.78, 5) is 18.9. The van der Waals surface area contributed by atoms with E-state index >= 15 is 0 Å². The molecule has 2 aromatic rings. The molecule has 1 aliphatic carbocycles. The molecule has 0 spiro atoms. The Labute approximate surface area is 140 Å². The fourth-order valence-electron chi connectivity index (χ4n) is 2.85. The average Bonchev–Trinajstić information content (AvgIpc) is 3.45. The van der Waals surface area contributed by atoms with Gasteiger partial charge in [0.05, 0.1) is 11.3 Å². The molecular formula is C17H20N6O. The van der Waals surface area contributed by atoms with Crippen molar-refractivity contribution < 1.29 is 4.79 Å². The zero-order valence-electron chi connectivity index (χ0n) is 13.6. The highest BCUT2D eigenvalue weighted by Crippen LogP contribution is 2.24. The predicted octanol–water partition coefficient (Wildman–Crippen LogP) is 1.69. The topological polar surface area (TPSA) is 83.0 Å². The minimum atomic E-state index is 0.00828. The molecule has 2 aromatic heterocycles. The number of amides is 1. The molecule has 7 nitrogen and oxygen atoms in total. The van der Waals surface area contributed by atoms with Gasteiger partial charge in [0.15, 0.2) is 0 Å². The van der Waals surface area contributed by atoms with E-state index in [-0.39, 0.29) is 5.91 Å². The highest BCUT2D eigenvalue weighted by Gasteiger charge is 2.24. The van der Waals surface area contributed by atoms with Crippen molar-refractivity contribution in [1.82, 2.24) is 20.1 Å². The Morgan fingerprint density at radius 3 is 2.83 bits per heavy atom. The number of nitrogens with one attached hydrogen (secondary N) is 2. The number of hydrogen-bond donors (Lipinski definition) is 2. The van der Waals surface area contributed by atoms with Gasteiger partial charge in [-0.15, -0.1) is 5.10 Å². The first-order chi connectivity index (χ1) is 11.7. The molecule has 0 unspecified atom stereocenters. The third kappa shape index (κ3) is 3.02. The Morgan fingerprint density at radius 1 is 1.25 bits per heavy atom. The first-order valence-electron chi connectivity index (χ1n) is 8.28. The number of aromatic nitrogens is 3. The fourth-order valence-corrected chi connectivity index (χ4v) is 2.85. The molecule has 0 bridgehead atoms. The maximum atomic E-state index is 12.7. The van der Waals surface area contributed by atoms with E-state index in [9.17, 15) is 4.79 Å². The Balaban J connectivity index is 1.47. The number of pyridine rings is 1. The molecule has 0 atom stereocenters. The van der Waals surface area contributed by atoms with Crippen LogP contribution in [0.15, 0.2) is 24.4 Å². The van der Waals surface area contributed by atoms with Crippen LogP contribution in [0.1, 0.15) is 34.5 Å². The quantitative estimate of drug-likeness (QED) is 0.890. The molecule has 1 aliphatic heterocycles. The second-order valence-corrected chi connectivity index (χ2v) is 6.28. The van der Waals surface area contributed by atoms with Crippen LogP contribution < -0.4 is 10.6 Å². The standard InChI is InChI=1S/C17H20N6O/c1-18-16-8-12-10-23(7-6-14(12)21-22-16)17(24)11-2-5-15(19-9-11)20-13-3-4-13/h2,5,8-9,13H,3-4,6-7,10H2,1H3,(H,18,22)(H,19,20). The van der Waals surface area contributed by atoms with Crippen LogP contribution in [0.5, 0.6) is 0 Å². The van der Waals surface area contributed by atoms with E-state index < -0.39 is 0 Å². The van der Waals surface area contributed by atoms with Gasteiger partial charge in [0.25, 0.3) is 5.91 Å². The Morgan fingerprint density at radius 2 is 2.12 bits per heavy atom. The van der Waals surface area contributed by atoms with E-state index in [0.717, 1.165) is 29.3 Å². The maximum Gasteiger partial charge on any atom is 0.255 e. The Hall–Kier alpha value is -2.70. The van der Waals surface area contributed by atoms with Crippen LogP contribution in [0, 0.1) is 0 Å². The minimum absolute atomic E-state index is 0.00828. The summed E-state index contributed by atoms with van der Waals surface area (Å²) < 4.78 is 0. The Kier molecular flexibility index (Phi) is 3.76. The van der Waals surface area contributed by atoms with Crippen LogP contribution >= 0.6 is 0 Å². The Bertz CT molecular complexity index is 756.